The summed E-state index contributed by atoms with van der Waals surface area (Å²) in [7, 11) is 0. The third kappa shape index (κ3) is 9.43. The van der Waals surface area contributed by atoms with Crippen molar-refractivity contribution in [1.82, 2.24) is 25.1 Å². The Morgan fingerprint density at radius 3 is 2.33 bits per heavy atom. The summed E-state index contributed by atoms with van der Waals surface area (Å²) < 4.78 is 30.9. The van der Waals surface area contributed by atoms with Gasteiger partial charge in [0.2, 0.25) is 17.7 Å². The molecule has 46 heavy (non-hydrogen) atoms. The number of halogens is 2. The number of aliphatic hydroxyl groups is 1. The smallest absolute Gasteiger partial charge is 0.248 e. The van der Waals surface area contributed by atoms with Crippen LogP contribution in [0.5, 0.6) is 0 Å². The van der Waals surface area contributed by atoms with Crippen LogP contribution in [0.15, 0.2) is 54.7 Å². The second-order valence-corrected chi connectivity index (χ2v) is 12.9. The Labute approximate surface area is 269 Å². The Hall–Kier alpha value is -4.16. The molecule has 12 heteroatoms. The predicted molar refractivity (Wildman–Crippen MR) is 172 cm³/mol. The summed E-state index contributed by atoms with van der Waals surface area (Å²) >= 11 is 0. The van der Waals surface area contributed by atoms with E-state index in [0.29, 0.717) is 18.8 Å². The van der Waals surface area contributed by atoms with Crippen LogP contribution >= 0.6 is 0 Å². The molecule has 0 aliphatic heterocycles. The average Bonchev–Trinajstić information content (AvgIpc) is 3.40. The fraction of sp³-hybridized carbons (Fsp3) is 0.471. The molecule has 1 aromatic heterocycles. The first kappa shape index (κ1) is 36.3. The van der Waals surface area contributed by atoms with Gasteiger partial charge in [-0.05, 0) is 48.4 Å². The number of nitrogens with zero attached hydrogens (tertiary/aromatic N) is 3. The molecular formula is C34H46F2N6O4. The van der Waals surface area contributed by atoms with Gasteiger partial charge in [-0.15, -0.1) is 0 Å². The monoisotopic (exact) mass is 640 g/mol. The molecule has 3 atom stereocenters. The Kier molecular flexibility index (Phi) is 12.6. The fourth-order valence-corrected chi connectivity index (χ4v) is 5.15. The lowest BCUT2D eigenvalue weighted by Gasteiger charge is -2.40. The van der Waals surface area contributed by atoms with Crippen LogP contribution in [0.3, 0.4) is 0 Å². The molecular weight excluding hydrogens is 594 g/mol. The molecule has 250 valence electrons. The maximum absolute atomic E-state index is 14.9. The normalized spacial score (nSPS) is 13.6. The number of hydrogen-bond acceptors (Lipinski definition) is 6. The number of hydrogen-bond donors (Lipinski definition) is 4. The summed E-state index contributed by atoms with van der Waals surface area (Å²) in [5, 5.41) is 15.4. The highest BCUT2D eigenvalue weighted by atomic mass is 19.1. The van der Waals surface area contributed by atoms with Gasteiger partial charge in [0.25, 0.3) is 0 Å². The van der Waals surface area contributed by atoms with E-state index in [0.717, 1.165) is 23.8 Å². The zero-order valence-corrected chi connectivity index (χ0v) is 27.4. The Bertz CT molecular complexity index is 1490. The van der Waals surface area contributed by atoms with Gasteiger partial charge < -0.3 is 30.9 Å². The largest absolute Gasteiger partial charge is 0.387 e. The van der Waals surface area contributed by atoms with Gasteiger partial charge in [-0.2, -0.15) is 0 Å². The maximum atomic E-state index is 14.9. The highest BCUT2D eigenvalue weighted by Gasteiger charge is 2.38. The van der Waals surface area contributed by atoms with Crippen molar-refractivity contribution >= 4 is 17.7 Å². The molecule has 0 saturated heterocycles. The molecule has 2 aromatic carbocycles. The highest BCUT2D eigenvalue weighted by molar-refractivity contribution is 5.89. The van der Waals surface area contributed by atoms with Gasteiger partial charge in [0.15, 0.2) is 0 Å². The summed E-state index contributed by atoms with van der Waals surface area (Å²) in [6.45, 7) is 10.9. The van der Waals surface area contributed by atoms with E-state index in [4.69, 9.17) is 10.7 Å². The van der Waals surface area contributed by atoms with Crippen LogP contribution in [0.4, 0.5) is 8.78 Å². The van der Waals surface area contributed by atoms with E-state index in [1.54, 1.807) is 13.1 Å². The second kappa shape index (κ2) is 15.9. The number of imidazole rings is 1. The zero-order valence-electron chi connectivity index (χ0n) is 27.4. The maximum Gasteiger partial charge on any atom is 0.248 e. The van der Waals surface area contributed by atoms with Gasteiger partial charge >= 0.3 is 0 Å². The van der Waals surface area contributed by atoms with Crippen LogP contribution in [-0.2, 0) is 20.9 Å². The second-order valence-electron chi connectivity index (χ2n) is 12.9. The minimum Gasteiger partial charge on any atom is -0.387 e. The van der Waals surface area contributed by atoms with E-state index in [-0.39, 0.29) is 30.3 Å². The molecule has 0 aliphatic carbocycles. The lowest BCUT2D eigenvalue weighted by atomic mass is 9.84. The number of aliphatic hydroxyl groups excluding tert-OH is 1. The fourth-order valence-electron chi connectivity index (χ4n) is 5.15. The third-order valence-corrected chi connectivity index (χ3v) is 7.69. The standard InChI is InChI=1S/C34H46F2N6O4/c1-21(2)29(37)33(46)39-22(3)32(45)38-15-10-16-42(28(44)20-43)30(34(4,5)6)31-40-27(25-17-24(35)13-14-26(25)36)19-41(31)18-23-11-8-7-9-12-23/h7-9,11-14,17,19,21-22,29-30,43H,10,15-16,18,20,37H2,1-6H3,(H,38,45)(H,39,46)/t22-,29-,30-/m0/s1. The number of rotatable bonds is 14. The van der Waals surface area contributed by atoms with Crippen LogP contribution in [0.25, 0.3) is 11.3 Å². The topological polar surface area (TPSA) is 143 Å². The van der Waals surface area contributed by atoms with E-state index >= 15 is 0 Å². The first-order chi connectivity index (χ1) is 21.6. The Morgan fingerprint density at radius 2 is 1.72 bits per heavy atom. The van der Waals surface area contributed by atoms with E-state index in [1.807, 2.05) is 69.5 Å². The van der Waals surface area contributed by atoms with Crippen LogP contribution in [0, 0.1) is 23.0 Å². The average molecular weight is 641 g/mol. The molecule has 0 aliphatic rings. The lowest BCUT2D eigenvalue weighted by Crippen LogP contribution is -2.52. The summed E-state index contributed by atoms with van der Waals surface area (Å²) in [5.41, 5.74) is 6.37. The van der Waals surface area contributed by atoms with Crippen molar-refractivity contribution in [3.8, 4) is 11.3 Å². The molecule has 1 heterocycles. The highest BCUT2D eigenvalue weighted by Crippen LogP contribution is 2.39. The number of aromatic nitrogens is 2. The Morgan fingerprint density at radius 1 is 1.04 bits per heavy atom. The number of nitrogens with one attached hydrogen (secondary N) is 2. The van der Waals surface area contributed by atoms with Crippen molar-refractivity contribution in [2.45, 2.75) is 72.6 Å². The Balaban J connectivity index is 1.90. The van der Waals surface area contributed by atoms with Crippen molar-refractivity contribution in [3.05, 3.63) is 77.8 Å². The minimum absolute atomic E-state index is 0.0148. The van der Waals surface area contributed by atoms with E-state index in [1.165, 1.54) is 4.90 Å². The summed E-state index contributed by atoms with van der Waals surface area (Å²) in [6, 6.07) is 10.4. The molecule has 5 N–H and O–H groups in total. The molecule has 0 radical (unpaired) electrons. The van der Waals surface area contributed by atoms with Gasteiger partial charge in [-0.25, -0.2) is 13.8 Å². The predicted octanol–water partition coefficient (Wildman–Crippen LogP) is 3.78. The quantitative estimate of drug-likeness (QED) is 0.198. The molecule has 3 rings (SSSR count). The van der Waals surface area contributed by atoms with Crippen LogP contribution < -0.4 is 16.4 Å². The third-order valence-electron chi connectivity index (χ3n) is 7.69. The van der Waals surface area contributed by atoms with Gasteiger partial charge in [-0.3, -0.25) is 14.4 Å². The number of carbonyl (C=O) groups is 3. The van der Waals surface area contributed by atoms with Gasteiger partial charge in [0, 0.05) is 31.4 Å². The molecule has 3 amide bonds. The molecule has 3 aromatic rings. The number of amides is 3. The summed E-state index contributed by atoms with van der Waals surface area (Å²) in [6.07, 6.45) is 1.96. The van der Waals surface area contributed by atoms with Gasteiger partial charge in [0.1, 0.15) is 30.1 Å². The molecule has 0 bridgehead atoms. The van der Waals surface area contributed by atoms with E-state index in [9.17, 15) is 28.3 Å². The first-order valence-electron chi connectivity index (χ1n) is 15.4. The van der Waals surface area contributed by atoms with Crippen LogP contribution in [0.1, 0.15) is 65.4 Å². The summed E-state index contributed by atoms with van der Waals surface area (Å²) in [5.74, 6) is -2.29. The molecule has 0 unspecified atom stereocenters. The van der Waals surface area contributed by atoms with Crippen molar-refractivity contribution in [2.75, 3.05) is 19.7 Å². The SMILES string of the molecule is CC(C)[C@H](N)C(=O)N[C@@H](C)C(=O)NCCCN(C(=O)CO)[C@@H](c1nc(-c2cc(F)ccc2F)cn1Cc1ccccc1)C(C)(C)C. The van der Waals surface area contributed by atoms with E-state index in [2.05, 4.69) is 10.6 Å². The molecule has 0 fully saturated rings. The van der Waals surface area contributed by atoms with E-state index < -0.39 is 59.5 Å². The number of carbonyl (C=O) groups excluding carboxylic acids is 3. The van der Waals surface area contributed by atoms with Crippen LogP contribution in [0.2, 0.25) is 0 Å². The van der Waals surface area contributed by atoms with Gasteiger partial charge in [-0.1, -0.05) is 65.0 Å². The molecule has 0 saturated carbocycles. The molecule has 10 nitrogen and oxygen atoms in total. The number of nitrogens with two attached hydrogens (primary N) is 1. The lowest BCUT2D eigenvalue weighted by molar-refractivity contribution is -0.139. The van der Waals surface area contributed by atoms with Crippen molar-refractivity contribution in [1.29, 1.82) is 0 Å². The zero-order chi connectivity index (χ0) is 34.2. The van der Waals surface area contributed by atoms with Crippen molar-refractivity contribution in [3.63, 3.8) is 0 Å². The summed E-state index contributed by atoms with van der Waals surface area (Å²) in [4.78, 5) is 44.5. The number of benzene rings is 2. The minimum atomic E-state index is -0.818. The van der Waals surface area contributed by atoms with Gasteiger partial charge in [0.05, 0.1) is 17.8 Å². The first-order valence-corrected chi connectivity index (χ1v) is 15.4. The van der Waals surface area contributed by atoms with Crippen molar-refractivity contribution < 1.29 is 28.3 Å². The van der Waals surface area contributed by atoms with Crippen LogP contribution in [-0.4, -0.2) is 69.1 Å². The van der Waals surface area contributed by atoms with Crippen molar-refractivity contribution in [2.24, 2.45) is 17.1 Å². The molecule has 0 spiro atoms.